The van der Waals surface area contributed by atoms with Crippen molar-refractivity contribution in [3.63, 3.8) is 0 Å². The second-order valence-corrected chi connectivity index (χ2v) is 4.55. The Morgan fingerprint density at radius 2 is 2.10 bits per heavy atom. The van der Waals surface area contributed by atoms with Gasteiger partial charge in [-0.3, -0.25) is 4.79 Å². The van der Waals surface area contributed by atoms with Crippen molar-refractivity contribution < 1.29 is 14.3 Å². The zero-order chi connectivity index (χ0) is 15.2. The summed E-state index contributed by atoms with van der Waals surface area (Å²) >= 11 is 5.84. The Labute approximate surface area is 126 Å². The summed E-state index contributed by atoms with van der Waals surface area (Å²) in [5.74, 6) is 4.02. The van der Waals surface area contributed by atoms with Crippen LogP contribution in [0.15, 0.2) is 42.5 Å². The summed E-state index contributed by atoms with van der Waals surface area (Å²) in [7, 11) is 0. The number of aliphatic hydroxyl groups excluding tert-OH is 1. The first-order chi connectivity index (χ1) is 10.1. The fourth-order valence-electron chi connectivity index (χ4n) is 1.72. The molecule has 0 aliphatic carbocycles. The number of halogens is 2. The van der Waals surface area contributed by atoms with Crippen LogP contribution in [-0.4, -0.2) is 17.6 Å². The van der Waals surface area contributed by atoms with Gasteiger partial charge < -0.3 is 10.4 Å². The number of rotatable bonds is 2. The number of amides is 1. The molecule has 2 rings (SSSR count). The smallest absolute Gasteiger partial charge is 0.256 e. The molecule has 5 heteroatoms. The number of hydrogen-bond donors (Lipinski definition) is 2. The first kappa shape index (κ1) is 15.0. The summed E-state index contributed by atoms with van der Waals surface area (Å²) in [5.41, 5.74) is 0.957. The second-order valence-electron chi connectivity index (χ2n) is 4.11. The maximum Gasteiger partial charge on any atom is 0.256 e. The van der Waals surface area contributed by atoms with Crippen LogP contribution in [0.3, 0.4) is 0 Å². The molecule has 0 aliphatic rings. The third-order valence-electron chi connectivity index (χ3n) is 2.61. The second kappa shape index (κ2) is 6.89. The molecule has 21 heavy (non-hydrogen) atoms. The molecule has 3 nitrogen and oxygen atoms in total. The van der Waals surface area contributed by atoms with E-state index in [1.165, 1.54) is 12.1 Å². The van der Waals surface area contributed by atoms with Crippen LogP contribution in [0.5, 0.6) is 0 Å². The summed E-state index contributed by atoms with van der Waals surface area (Å²) in [6.45, 7) is -0.369. The number of carbonyl (C=O) groups excluding carboxylic acids is 1. The van der Waals surface area contributed by atoms with E-state index >= 15 is 0 Å². The number of nitrogens with one attached hydrogen (secondary N) is 1. The molecular weight excluding hydrogens is 293 g/mol. The highest BCUT2D eigenvalue weighted by molar-refractivity contribution is 6.31. The molecule has 0 spiro atoms. The Kier molecular flexibility index (Phi) is 4.94. The van der Waals surface area contributed by atoms with E-state index in [1.807, 2.05) is 0 Å². The van der Waals surface area contributed by atoms with E-state index in [1.54, 1.807) is 24.3 Å². The Balaban J connectivity index is 2.30. The SMILES string of the molecule is O=C(Nc1cccc(Cl)c1)c1ccc(F)cc1C#CCO. The third-order valence-corrected chi connectivity index (χ3v) is 2.85. The van der Waals surface area contributed by atoms with Gasteiger partial charge in [0.2, 0.25) is 0 Å². The van der Waals surface area contributed by atoms with Crippen molar-refractivity contribution in [3.8, 4) is 11.8 Å². The van der Waals surface area contributed by atoms with Crippen LogP contribution < -0.4 is 5.32 Å². The van der Waals surface area contributed by atoms with E-state index in [9.17, 15) is 9.18 Å². The molecule has 0 aromatic heterocycles. The summed E-state index contributed by atoms with van der Waals surface area (Å²) < 4.78 is 13.2. The molecule has 0 aliphatic heterocycles. The fourth-order valence-corrected chi connectivity index (χ4v) is 1.91. The maximum absolute atomic E-state index is 13.2. The highest BCUT2D eigenvalue weighted by atomic mass is 35.5. The summed E-state index contributed by atoms with van der Waals surface area (Å²) in [6.07, 6.45) is 0. The Hall–Kier alpha value is -2.35. The first-order valence-electron chi connectivity index (χ1n) is 6.06. The molecule has 0 fully saturated rings. The lowest BCUT2D eigenvalue weighted by Gasteiger charge is -2.07. The number of benzene rings is 2. The maximum atomic E-state index is 13.2. The van der Waals surface area contributed by atoms with Gasteiger partial charge in [0.15, 0.2) is 0 Å². The highest BCUT2D eigenvalue weighted by Crippen LogP contribution is 2.17. The topological polar surface area (TPSA) is 49.3 Å². The molecule has 2 aromatic carbocycles. The lowest BCUT2D eigenvalue weighted by atomic mass is 10.1. The van der Waals surface area contributed by atoms with Gasteiger partial charge in [0.25, 0.3) is 5.91 Å². The number of hydrogen-bond acceptors (Lipinski definition) is 2. The standard InChI is InChI=1S/C16H11ClFNO2/c17-12-4-1-5-14(10-12)19-16(21)15-7-6-13(18)9-11(15)3-2-8-20/h1,4-7,9-10,20H,8H2,(H,19,21). The number of carbonyl (C=O) groups is 1. The van der Waals surface area contributed by atoms with Crippen LogP contribution in [0.1, 0.15) is 15.9 Å². The van der Waals surface area contributed by atoms with E-state index < -0.39 is 11.7 Å². The molecule has 0 radical (unpaired) electrons. The van der Waals surface area contributed by atoms with Crippen molar-refractivity contribution in [2.45, 2.75) is 0 Å². The van der Waals surface area contributed by atoms with E-state index in [0.717, 1.165) is 6.07 Å². The van der Waals surface area contributed by atoms with Crippen LogP contribution in [-0.2, 0) is 0 Å². The quantitative estimate of drug-likeness (QED) is 0.838. The molecule has 2 N–H and O–H groups in total. The molecular formula is C16H11ClFNO2. The molecule has 0 atom stereocenters. The van der Waals surface area contributed by atoms with Gasteiger partial charge in [-0.2, -0.15) is 0 Å². The third kappa shape index (κ3) is 4.06. The predicted octanol–water partition coefficient (Wildman–Crippen LogP) is 3.08. The van der Waals surface area contributed by atoms with Crippen LogP contribution in [0.2, 0.25) is 5.02 Å². The van der Waals surface area contributed by atoms with Gasteiger partial charge in [-0.1, -0.05) is 29.5 Å². The minimum atomic E-state index is -0.503. The highest BCUT2D eigenvalue weighted by Gasteiger charge is 2.11. The Morgan fingerprint density at radius 1 is 1.29 bits per heavy atom. The molecule has 0 saturated carbocycles. The zero-order valence-electron chi connectivity index (χ0n) is 10.9. The van der Waals surface area contributed by atoms with Crippen LogP contribution >= 0.6 is 11.6 Å². The van der Waals surface area contributed by atoms with Gasteiger partial charge in [0.05, 0.1) is 5.56 Å². The molecule has 0 bridgehead atoms. The monoisotopic (exact) mass is 303 g/mol. The molecule has 0 heterocycles. The first-order valence-corrected chi connectivity index (χ1v) is 6.44. The number of aliphatic hydroxyl groups is 1. The summed E-state index contributed by atoms with van der Waals surface area (Å²) in [6, 6.07) is 10.3. The van der Waals surface area contributed by atoms with E-state index in [2.05, 4.69) is 17.2 Å². The van der Waals surface area contributed by atoms with Crippen molar-refractivity contribution in [1.29, 1.82) is 0 Å². The van der Waals surface area contributed by atoms with E-state index in [4.69, 9.17) is 16.7 Å². The summed E-state index contributed by atoms with van der Waals surface area (Å²) in [4.78, 5) is 12.2. The van der Waals surface area contributed by atoms with Crippen LogP contribution in [0.25, 0.3) is 0 Å². The van der Waals surface area contributed by atoms with Crippen molar-refractivity contribution in [2.75, 3.05) is 11.9 Å². The van der Waals surface area contributed by atoms with Gasteiger partial charge in [0, 0.05) is 16.3 Å². The van der Waals surface area contributed by atoms with Crippen LogP contribution in [0, 0.1) is 17.7 Å². The molecule has 0 unspecified atom stereocenters. The van der Waals surface area contributed by atoms with Crippen molar-refractivity contribution in [1.82, 2.24) is 0 Å². The Bertz CT molecular complexity index is 735. The van der Waals surface area contributed by atoms with Gasteiger partial charge in [-0.05, 0) is 36.4 Å². The van der Waals surface area contributed by atoms with Gasteiger partial charge in [0.1, 0.15) is 12.4 Å². The van der Waals surface area contributed by atoms with Crippen molar-refractivity contribution in [3.05, 3.63) is 64.4 Å². The van der Waals surface area contributed by atoms with E-state index in [0.29, 0.717) is 10.7 Å². The van der Waals surface area contributed by atoms with Crippen molar-refractivity contribution in [2.24, 2.45) is 0 Å². The lowest BCUT2D eigenvalue weighted by molar-refractivity contribution is 0.102. The van der Waals surface area contributed by atoms with Gasteiger partial charge >= 0.3 is 0 Å². The van der Waals surface area contributed by atoms with Gasteiger partial charge in [-0.15, -0.1) is 0 Å². The predicted molar refractivity (Wildman–Crippen MR) is 79.8 cm³/mol. The lowest BCUT2D eigenvalue weighted by Crippen LogP contribution is -2.13. The normalized spacial score (nSPS) is 9.67. The molecule has 0 saturated heterocycles. The Morgan fingerprint density at radius 3 is 2.81 bits per heavy atom. The van der Waals surface area contributed by atoms with Crippen LogP contribution in [0.4, 0.5) is 10.1 Å². The average Bonchev–Trinajstić information content (AvgIpc) is 2.45. The average molecular weight is 304 g/mol. The molecule has 2 aromatic rings. The minimum absolute atomic E-state index is 0.212. The molecule has 1 amide bonds. The zero-order valence-corrected chi connectivity index (χ0v) is 11.6. The van der Waals surface area contributed by atoms with Crippen molar-refractivity contribution >= 4 is 23.2 Å². The fraction of sp³-hybridized carbons (Fsp3) is 0.0625. The van der Waals surface area contributed by atoms with Gasteiger partial charge in [-0.25, -0.2) is 4.39 Å². The molecule has 106 valence electrons. The number of anilines is 1. The van der Waals surface area contributed by atoms with E-state index in [-0.39, 0.29) is 17.7 Å². The summed E-state index contributed by atoms with van der Waals surface area (Å²) in [5, 5.41) is 11.9. The largest absolute Gasteiger partial charge is 0.384 e. The minimum Gasteiger partial charge on any atom is -0.384 e.